The lowest BCUT2D eigenvalue weighted by atomic mass is 9.71. The Balaban J connectivity index is 1.94. The lowest BCUT2D eigenvalue weighted by molar-refractivity contribution is 0.0665. The van der Waals surface area contributed by atoms with Gasteiger partial charge in [0.2, 0.25) is 0 Å². The number of allylic oxidation sites excluding steroid dienone is 2. The number of hydrogen-bond acceptors (Lipinski definition) is 2. The van der Waals surface area contributed by atoms with Gasteiger partial charge in [0.25, 0.3) is 0 Å². The Morgan fingerprint density at radius 1 is 1.27 bits per heavy atom. The normalized spacial score (nSPS) is 24.8. The van der Waals surface area contributed by atoms with Crippen LogP contribution in [0.25, 0.3) is 0 Å². The van der Waals surface area contributed by atoms with Gasteiger partial charge in [-0.1, -0.05) is 51.2 Å². The molecule has 0 amide bonds. The number of aromatic hydroxyl groups is 1. The van der Waals surface area contributed by atoms with Gasteiger partial charge in [-0.15, -0.1) is 0 Å². The summed E-state index contributed by atoms with van der Waals surface area (Å²) in [7, 11) is 0. The van der Waals surface area contributed by atoms with Crippen LogP contribution >= 0.6 is 0 Å². The Labute approximate surface area is 159 Å². The van der Waals surface area contributed by atoms with Crippen LogP contribution in [0.3, 0.4) is 0 Å². The van der Waals surface area contributed by atoms with Crippen molar-refractivity contribution in [3.8, 4) is 11.5 Å². The van der Waals surface area contributed by atoms with E-state index >= 15 is 0 Å². The molecule has 2 nitrogen and oxygen atoms in total. The van der Waals surface area contributed by atoms with E-state index in [-0.39, 0.29) is 16.9 Å². The number of rotatable bonds is 5. The standard InChI is InChI=1S/C24H36O2/c1-7-8-9-11-23(4,5)18-14-20(25)22-19-13-17(16(2)3)10-12-24(19,6)26-21(22)15-18/h14-15,19,25H,7-13H2,1-6H3. The van der Waals surface area contributed by atoms with Crippen LogP contribution < -0.4 is 4.74 Å². The molecule has 2 heteroatoms. The Morgan fingerprint density at radius 2 is 2.00 bits per heavy atom. The second kappa shape index (κ2) is 6.94. The smallest absolute Gasteiger partial charge is 0.127 e. The molecule has 0 bridgehead atoms. The summed E-state index contributed by atoms with van der Waals surface area (Å²) in [6.45, 7) is 13.5. The first-order valence-corrected chi connectivity index (χ1v) is 10.4. The topological polar surface area (TPSA) is 29.5 Å². The molecule has 26 heavy (non-hydrogen) atoms. The van der Waals surface area contributed by atoms with Crippen LogP contribution in [0.1, 0.15) is 104 Å². The average Bonchev–Trinajstić information content (AvgIpc) is 2.86. The molecule has 3 rings (SSSR count). The number of hydrogen-bond donors (Lipinski definition) is 1. The molecule has 2 unspecified atom stereocenters. The SMILES string of the molecule is CCCCCC(C)(C)c1cc(O)c2c(c1)OC1(C)CCC(=C(C)C)CC21. The molecule has 2 atom stereocenters. The van der Waals surface area contributed by atoms with E-state index < -0.39 is 0 Å². The summed E-state index contributed by atoms with van der Waals surface area (Å²) in [5.74, 6) is 1.63. The Hall–Kier alpha value is -1.44. The van der Waals surface area contributed by atoms with Crippen molar-refractivity contribution in [1.29, 1.82) is 0 Å². The third kappa shape index (κ3) is 3.40. The molecule has 1 aliphatic heterocycles. The van der Waals surface area contributed by atoms with Crippen LogP contribution in [-0.2, 0) is 5.41 Å². The molecule has 1 N–H and O–H groups in total. The third-order valence-electron chi connectivity index (χ3n) is 6.82. The molecular formula is C24H36O2. The minimum absolute atomic E-state index is 0.0603. The zero-order valence-electron chi connectivity index (χ0n) is 17.5. The molecule has 1 fully saturated rings. The molecule has 1 aliphatic carbocycles. The minimum atomic E-state index is -0.177. The highest BCUT2D eigenvalue weighted by Crippen LogP contribution is 2.57. The fourth-order valence-electron chi connectivity index (χ4n) is 4.77. The van der Waals surface area contributed by atoms with Crippen molar-refractivity contribution >= 4 is 0 Å². The van der Waals surface area contributed by atoms with Crippen molar-refractivity contribution in [3.63, 3.8) is 0 Å². The zero-order valence-corrected chi connectivity index (χ0v) is 17.5. The van der Waals surface area contributed by atoms with Gasteiger partial charge in [-0.3, -0.25) is 0 Å². The fourth-order valence-corrected chi connectivity index (χ4v) is 4.77. The van der Waals surface area contributed by atoms with Gasteiger partial charge in [-0.2, -0.15) is 0 Å². The summed E-state index contributed by atoms with van der Waals surface area (Å²) < 4.78 is 6.49. The zero-order chi connectivity index (χ0) is 19.1. The average molecular weight is 357 g/mol. The van der Waals surface area contributed by atoms with Gasteiger partial charge in [0.15, 0.2) is 0 Å². The lowest BCUT2D eigenvalue weighted by Crippen LogP contribution is -2.37. The predicted molar refractivity (Wildman–Crippen MR) is 109 cm³/mol. The van der Waals surface area contributed by atoms with Gasteiger partial charge in [0.05, 0.1) is 0 Å². The number of phenolic OH excluding ortho intramolecular Hbond substituents is 1. The molecule has 0 saturated heterocycles. The Kier molecular flexibility index (Phi) is 5.16. The maximum absolute atomic E-state index is 10.9. The number of unbranched alkanes of at least 4 members (excludes halogenated alkanes) is 2. The second-order valence-electron chi connectivity index (χ2n) is 9.52. The van der Waals surface area contributed by atoms with Crippen LogP contribution in [0.15, 0.2) is 23.3 Å². The van der Waals surface area contributed by atoms with Crippen molar-refractivity contribution in [2.24, 2.45) is 0 Å². The highest BCUT2D eigenvalue weighted by Gasteiger charge is 2.49. The molecule has 1 saturated carbocycles. The maximum atomic E-state index is 10.9. The van der Waals surface area contributed by atoms with Crippen LogP contribution in [0.4, 0.5) is 0 Å². The van der Waals surface area contributed by atoms with E-state index in [0.29, 0.717) is 5.75 Å². The van der Waals surface area contributed by atoms with E-state index in [4.69, 9.17) is 4.74 Å². The number of benzene rings is 1. The summed E-state index contributed by atoms with van der Waals surface area (Å²) in [5, 5.41) is 10.9. The van der Waals surface area contributed by atoms with Gasteiger partial charge in [0, 0.05) is 11.5 Å². The summed E-state index contributed by atoms with van der Waals surface area (Å²) >= 11 is 0. The van der Waals surface area contributed by atoms with Crippen LogP contribution in [0.5, 0.6) is 11.5 Å². The van der Waals surface area contributed by atoms with E-state index in [0.717, 1.165) is 37.0 Å². The number of fused-ring (bicyclic) bond motifs is 3. The monoisotopic (exact) mass is 356 g/mol. The number of phenols is 1. The van der Waals surface area contributed by atoms with Gasteiger partial charge < -0.3 is 9.84 Å². The van der Waals surface area contributed by atoms with E-state index in [9.17, 15) is 5.11 Å². The molecule has 2 aliphatic rings. The first-order chi connectivity index (χ1) is 12.2. The fraction of sp³-hybridized carbons (Fsp3) is 0.667. The predicted octanol–water partition coefficient (Wildman–Crippen LogP) is 7.01. The van der Waals surface area contributed by atoms with Gasteiger partial charge in [0.1, 0.15) is 17.1 Å². The van der Waals surface area contributed by atoms with Gasteiger partial charge in [-0.05, 0) is 69.6 Å². The lowest BCUT2D eigenvalue weighted by Gasteiger charge is -2.37. The molecule has 0 aromatic heterocycles. The minimum Gasteiger partial charge on any atom is -0.508 e. The van der Waals surface area contributed by atoms with Crippen molar-refractivity contribution < 1.29 is 9.84 Å². The molecule has 1 heterocycles. The van der Waals surface area contributed by atoms with Crippen molar-refractivity contribution in [1.82, 2.24) is 0 Å². The van der Waals surface area contributed by atoms with Gasteiger partial charge in [-0.25, -0.2) is 0 Å². The summed E-state index contributed by atoms with van der Waals surface area (Å²) in [6, 6.07) is 4.23. The van der Waals surface area contributed by atoms with E-state index in [2.05, 4.69) is 47.6 Å². The van der Waals surface area contributed by atoms with E-state index in [1.807, 2.05) is 6.07 Å². The Bertz CT molecular complexity index is 709. The van der Waals surface area contributed by atoms with Crippen LogP contribution in [0, 0.1) is 0 Å². The first-order valence-electron chi connectivity index (χ1n) is 10.4. The molecule has 1 aromatic carbocycles. The van der Waals surface area contributed by atoms with Crippen molar-refractivity contribution in [2.45, 2.75) is 103 Å². The first kappa shape index (κ1) is 19.3. The van der Waals surface area contributed by atoms with Crippen molar-refractivity contribution in [3.05, 3.63) is 34.4 Å². The maximum Gasteiger partial charge on any atom is 0.127 e. The second-order valence-corrected chi connectivity index (χ2v) is 9.52. The van der Waals surface area contributed by atoms with Crippen molar-refractivity contribution in [2.75, 3.05) is 0 Å². The highest BCUT2D eigenvalue weighted by atomic mass is 16.5. The quantitative estimate of drug-likeness (QED) is 0.454. The molecule has 144 valence electrons. The van der Waals surface area contributed by atoms with Crippen LogP contribution in [0.2, 0.25) is 0 Å². The molecule has 1 aromatic rings. The summed E-state index contributed by atoms with van der Waals surface area (Å²) in [5.41, 5.74) is 5.09. The van der Waals surface area contributed by atoms with E-state index in [1.54, 1.807) is 0 Å². The third-order valence-corrected chi connectivity index (χ3v) is 6.82. The number of ether oxygens (including phenoxy) is 1. The Morgan fingerprint density at radius 3 is 2.65 bits per heavy atom. The molecular weight excluding hydrogens is 320 g/mol. The largest absolute Gasteiger partial charge is 0.508 e. The summed E-state index contributed by atoms with van der Waals surface area (Å²) in [6.07, 6.45) is 8.03. The van der Waals surface area contributed by atoms with Crippen LogP contribution in [-0.4, -0.2) is 10.7 Å². The van der Waals surface area contributed by atoms with Gasteiger partial charge >= 0.3 is 0 Å². The highest BCUT2D eigenvalue weighted by molar-refractivity contribution is 5.56. The molecule has 0 radical (unpaired) electrons. The summed E-state index contributed by atoms with van der Waals surface area (Å²) in [4.78, 5) is 0. The van der Waals surface area contributed by atoms with E-state index in [1.165, 1.54) is 36.0 Å². The molecule has 0 spiro atoms.